The van der Waals surface area contributed by atoms with E-state index in [9.17, 15) is 4.79 Å². The van der Waals surface area contributed by atoms with E-state index in [4.69, 9.17) is 18.9 Å². The first-order chi connectivity index (χ1) is 17.1. The summed E-state index contributed by atoms with van der Waals surface area (Å²) >= 11 is 0. The van der Waals surface area contributed by atoms with Crippen LogP contribution in [0.5, 0.6) is 23.0 Å². The van der Waals surface area contributed by atoms with Crippen molar-refractivity contribution < 1.29 is 23.7 Å². The van der Waals surface area contributed by atoms with Gasteiger partial charge in [-0.15, -0.1) is 0 Å². The van der Waals surface area contributed by atoms with Crippen molar-refractivity contribution in [2.24, 2.45) is 0 Å². The zero-order valence-electron chi connectivity index (χ0n) is 20.5. The minimum atomic E-state index is 0.0124. The molecular weight excluding hydrogens is 444 g/mol. The molecule has 0 bridgehead atoms. The van der Waals surface area contributed by atoms with Crippen LogP contribution in [0.2, 0.25) is 0 Å². The van der Waals surface area contributed by atoms with Gasteiger partial charge in [-0.2, -0.15) is 0 Å². The van der Waals surface area contributed by atoms with Crippen molar-refractivity contribution in [1.29, 1.82) is 0 Å². The maximum atomic E-state index is 13.3. The number of rotatable bonds is 9. The van der Waals surface area contributed by atoms with E-state index < -0.39 is 0 Å². The van der Waals surface area contributed by atoms with E-state index in [1.165, 1.54) is 0 Å². The number of ether oxygens (including phenoxy) is 4. The van der Waals surface area contributed by atoms with Gasteiger partial charge in [0.2, 0.25) is 0 Å². The lowest BCUT2D eigenvalue weighted by Gasteiger charge is -2.36. The summed E-state index contributed by atoms with van der Waals surface area (Å²) in [6.07, 6.45) is 0. The second-order valence-electron chi connectivity index (χ2n) is 8.17. The summed E-state index contributed by atoms with van der Waals surface area (Å²) in [4.78, 5) is 17.5. The molecule has 1 aliphatic rings. The maximum Gasteiger partial charge on any atom is 0.253 e. The van der Waals surface area contributed by atoms with Gasteiger partial charge in [0.25, 0.3) is 5.91 Å². The highest BCUT2D eigenvalue weighted by Crippen LogP contribution is 2.29. The highest BCUT2D eigenvalue weighted by Gasteiger charge is 2.24. The molecule has 184 valence electrons. The molecular formula is C28H32N2O5. The Kier molecular flexibility index (Phi) is 7.98. The Morgan fingerprint density at radius 2 is 1.51 bits per heavy atom. The van der Waals surface area contributed by atoms with E-state index in [0.717, 1.165) is 47.3 Å². The van der Waals surface area contributed by atoms with Crippen LogP contribution in [0.25, 0.3) is 0 Å². The van der Waals surface area contributed by atoms with Crippen molar-refractivity contribution >= 4 is 11.6 Å². The van der Waals surface area contributed by atoms with Crippen LogP contribution >= 0.6 is 0 Å². The van der Waals surface area contributed by atoms with E-state index in [1.54, 1.807) is 14.2 Å². The smallest absolute Gasteiger partial charge is 0.253 e. The van der Waals surface area contributed by atoms with E-state index in [0.29, 0.717) is 31.9 Å². The zero-order chi connectivity index (χ0) is 24.6. The topological polar surface area (TPSA) is 60.5 Å². The third kappa shape index (κ3) is 5.80. The van der Waals surface area contributed by atoms with Crippen LogP contribution < -0.4 is 23.8 Å². The van der Waals surface area contributed by atoms with Gasteiger partial charge >= 0.3 is 0 Å². The summed E-state index contributed by atoms with van der Waals surface area (Å²) in [6, 6.07) is 21.0. The summed E-state index contributed by atoms with van der Waals surface area (Å²) < 4.78 is 22.4. The van der Waals surface area contributed by atoms with Crippen LogP contribution in [0, 0.1) is 0 Å². The SMILES string of the molecule is CCOc1ccc(C(=O)N2CCN(c3ccccc3OC)CC2)cc1COc1ccc(OC)cc1. The summed E-state index contributed by atoms with van der Waals surface area (Å²) in [7, 11) is 3.31. The maximum absolute atomic E-state index is 13.3. The Hall–Kier alpha value is -3.87. The van der Waals surface area contributed by atoms with Crippen molar-refractivity contribution in [3.8, 4) is 23.0 Å². The molecule has 1 heterocycles. The zero-order valence-corrected chi connectivity index (χ0v) is 20.5. The van der Waals surface area contributed by atoms with Gasteiger partial charge in [0.15, 0.2) is 0 Å². The van der Waals surface area contributed by atoms with E-state index in [2.05, 4.69) is 11.0 Å². The lowest BCUT2D eigenvalue weighted by molar-refractivity contribution is 0.0746. The second kappa shape index (κ2) is 11.5. The van der Waals surface area contributed by atoms with Crippen molar-refractivity contribution in [1.82, 2.24) is 4.90 Å². The molecule has 0 aliphatic carbocycles. The van der Waals surface area contributed by atoms with Crippen molar-refractivity contribution in [3.63, 3.8) is 0 Å². The lowest BCUT2D eigenvalue weighted by atomic mass is 10.1. The predicted molar refractivity (Wildman–Crippen MR) is 136 cm³/mol. The molecule has 0 radical (unpaired) electrons. The van der Waals surface area contributed by atoms with Gasteiger partial charge in [-0.3, -0.25) is 4.79 Å². The highest BCUT2D eigenvalue weighted by molar-refractivity contribution is 5.94. The molecule has 35 heavy (non-hydrogen) atoms. The van der Waals surface area contributed by atoms with Crippen molar-refractivity contribution in [3.05, 3.63) is 77.9 Å². The third-order valence-electron chi connectivity index (χ3n) is 6.05. The molecule has 4 rings (SSSR count). The molecule has 1 aliphatic heterocycles. The third-order valence-corrected chi connectivity index (χ3v) is 6.05. The molecule has 0 N–H and O–H groups in total. The Morgan fingerprint density at radius 3 is 2.20 bits per heavy atom. The molecule has 1 saturated heterocycles. The average Bonchev–Trinajstić information content (AvgIpc) is 2.92. The quantitative estimate of drug-likeness (QED) is 0.448. The number of hydrogen-bond acceptors (Lipinski definition) is 6. The number of nitrogens with zero attached hydrogens (tertiary/aromatic N) is 2. The van der Waals surface area contributed by atoms with E-state index in [-0.39, 0.29) is 5.91 Å². The Labute approximate surface area is 206 Å². The van der Waals surface area contributed by atoms with Gasteiger partial charge in [0, 0.05) is 37.3 Å². The summed E-state index contributed by atoms with van der Waals surface area (Å²) in [6.45, 7) is 5.54. The van der Waals surface area contributed by atoms with Gasteiger partial charge in [0.1, 0.15) is 29.6 Å². The molecule has 7 nitrogen and oxygen atoms in total. The van der Waals surface area contributed by atoms with Crippen LogP contribution in [0.4, 0.5) is 5.69 Å². The summed E-state index contributed by atoms with van der Waals surface area (Å²) in [5.74, 6) is 3.07. The summed E-state index contributed by atoms with van der Waals surface area (Å²) in [5, 5.41) is 0. The fourth-order valence-corrected chi connectivity index (χ4v) is 4.18. The normalized spacial score (nSPS) is 13.3. The number of hydrogen-bond donors (Lipinski definition) is 0. The second-order valence-corrected chi connectivity index (χ2v) is 8.17. The average molecular weight is 477 g/mol. The molecule has 1 fully saturated rings. The van der Waals surface area contributed by atoms with Gasteiger partial charge in [-0.1, -0.05) is 12.1 Å². The fourth-order valence-electron chi connectivity index (χ4n) is 4.18. The first-order valence-electron chi connectivity index (χ1n) is 11.8. The fraction of sp³-hybridized carbons (Fsp3) is 0.321. The van der Waals surface area contributed by atoms with E-state index in [1.807, 2.05) is 72.5 Å². The molecule has 3 aromatic rings. The minimum absolute atomic E-state index is 0.0124. The number of amides is 1. The van der Waals surface area contributed by atoms with Gasteiger partial charge in [-0.25, -0.2) is 0 Å². The van der Waals surface area contributed by atoms with Crippen molar-refractivity contribution in [2.75, 3.05) is 51.9 Å². The minimum Gasteiger partial charge on any atom is -0.497 e. The number of anilines is 1. The molecule has 0 saturated carbocycles. The Morgan fingerprint density at radius 1 is 0.800 bits per heavy atom. The number of benzene rings is 3. The van der Waals surface area contributed by atoms with Crippen LogP contribution in [0.1, 0.15) is 22.8 Å². The van der Waals surface area contributed by atoms with Gasteiger partial charge in [-0.05, 0) is 61.5 Å². The van der Waals surface area contributed by atoms with Gasteiger partial charge in [0.05, 0.1) is 26.5 Å². The lowest BCUT2D eigenvalue weighted by Crippen LogP contribution is -2.48. The molecule has 0 aromatic heterocycles. The molecule has 0 spiro atoms. The number of carbonyl (C=O) groups is 1. The van der Waals surface area contributed by atoms with Crippen molar-refractivity contribution in [2.45, 2.75) is 13.5 Å². The van der Waals surface area contributed by atoms with Gasteiger partial charge < -0.3 is 28.7 Å². The number of carbonyl (C=O) groups excluding carboxylic acids is 1. The molecule has 0 atom stereocenters. The first kappa shape index (κ1) is 24.3. The molecule has 3 aromatic carbocycles. The number of piperazine rings is 1. The molecule has 1 amide bonds. The number of para-hydroxylation sites is 2. The molecule has 0 unspecified atom stereocenters. The van der Waals surface area contributed by atoms with Crippen LogP contribution in [-0.2, 0) is 6.61 Å². The highest BCUT2D eigenvalue weighted by atomic mass is 16.5. The van der Waals surface area contributed by atoms with Crippen LogP contribution in [0.15, 0.2) is 66.7 Å². The Balaban J connectivity index is 1.43. The van der Waals surface area contributed by atoms with Crippen LogP contribution in [0.3, 0.4) is 0 Å². The number of methoxy groups -OCH3 is 2. The monoisotopic (exact) mass is 476 g/mol. The predicted octanol–water partition coefficient (Wildman–Crippen LogP) is 4.64. The molecule has 7 heteroatoms. The largest absolute Gasteiger partial charge is 0.497 e. The Bertz CT molecular complexity index is 1120. The standard InChI is InChI=1S/C28H32N2O5/c1-4-34-26-14-9-21(19-22(26)20-35-24-12-10-23(32-2)11-13-24)28(31)30-17-15-29(16-18-30)25-7-5-6-8-27(25)33-3/h5-14,19H,4,15-18,20H2,1-3H3. The van der Waals surface area contributed by atoms with E-state index >= 15 is 0 Å². The first-order valence-corrected chi connectivity index (χ1v) is 11.8. The summed E-state index contributed by atoms with van der Waals surface area (Å²) in [5.41, 5.74) is 2.52. The van der Waals surface area contributed by atoms with Crippen LogP contribution in [-0.4, -0.2) is 57.8 Å².